The lowest BCUT2D eigenvalue weighted by atomic mass is 10.3. The summed E-state index contributed by atoms with van der Waals surface area (Å²) in [7, 11) is 0. The van der Waals surface area contributed by atoms with Gasteiger partial charge in [-0.15, -0.1) is 11.3 Å². The molecule has 0 aliphatic rings. The molecule has 17 heavy (non-hydrogen) atoms. The van der Waals surface area contributed by atoms with Crippen molar-refractivity contribution in [3.05, 3.63) is 56.2 Å². The Kier molecular flexibility index (Phi) is 3.50. The molecule has 0 N–H and O–H groups in total. The van der Waals surface area contributed by atoms with Crippen molar-refractivity contribution in [1.82, 2.24) is 4.98 Å². The number of rotatable bonds is 3. The summed E-state index contributed by atoms with van der Waals surface area (Å²) in [5, 5.41) is 12.1. The van der Waals surface area contributed by atoms with Crippen LogP contribution in [0.2, 0.25) is 0 Å². The molecule has 0 aliphatic heterocycles. The Morgan fingerprint density at radius 2 is 1.94 bits per heavy atom. The van der Waals surface area contributed by atoms with Crippen LogP contribution in [0.5, 0.6) is 0 Å². The van der Waals surface area contributed by atoms with Crippen molar-refractivity contribution >= 4 is 28.8 Å². The summed E-state index contributed by atoms with van der Waals surface area (Å²) in [5.41, 5.74) is -0.239. The highest BCUT2D eigenvalue weighted by molar-refractivity contribution is 8.01. The molecule has 0 saturated carbocycles. The number of hydrogen-bond acceptors (Lipinski definition) is 6. The van der Waals surface area contributed by atoms with Gasteiger partial charge in [-0.2, -0.15) is 4.98 Å². The van der Waals surface area contributed by atoms with Gasteiger partial charge in [0.2, 0.25) is 0 Å². The highest BCUT2D eigenvalue weighted by atomic mass is 32.2. The summed E-state index contributed by atoms with van der Waals surface area (Å²) in [6.45, 7) is 0. The lowest BCUT2D eigenvalue weighted by Crippen LogP contribution is -2.01. The van der Waals surface area contributed by atoms with Crippen LogP contribution in [0.15, 0.2) is 49.7 Å². The van der Waals surface area contributed by atoms with Crippen molar-refractivity contribution in [3.8, 4) is 0 Å². The Morgan fingerprint density at radius 1 is 1.24 bits per heavy atom. The van der Waals surface area contributed by atoms with Gasteiger partial charge in [-0.25, -0.2) is 0 Å². The molecule has 7 heteroatoms. The molecule has 1 heterocycles. The van der Waals surface area contributed by atoms with E-state index in [-0.39, 0.29) is 11.2 Å². The zero-order valence-electron chi connectivity index (χ0n) is 8.40. The molecule has 5 nitrogen and oxygen atoms in total. The molecule has 1 aromatic heterocycles. The van der Waals surface area contributed by atoms with Crippen LogP contribution in [0.25, 0.3) is 0 Å². The summed E-state index contributed by atoms with van der Waals surface area (Å²) >= 11 is 2.66. The Balaban J connectivity index is 2.19. The monoisotopic (exact) mass is 266 g/mol. The number of aromatic nitrogens is 1. The second-order valence-corrected chi connectivity index (χ2v) is 5.20. The molecular weight excluding hydrogens is 260 g/mol. The lowest BCUT2D eigenvalue weighted by molar-refractivity contribution is -0.384. The van der Waals surface area contributed by atoms with Crippen molar-refractivity contribution in [3.63, 3.8) is 0 Å². The number of non-ortho nitro benzene ring substituents is 1. The second-order valence-electron chi connectivity index (χ2n) is 2.99. The molecule has 0 bridgehead atoms. The van der Waals surface area contributed by atoms with Gasteiger partial charge in [0.1, 0.15) is 0 Å². The molecule has 86 valence electrons. The fourth-order valence-corrected chi connectivity index (χ4v) is 2.79. The average Bonchev–Trinajstić information content (AvgIpc) is 2.29. The number of nitro groups is 1. The third-order valence-corrected chi connectivity index (χ3v) is 3.71. The van der Waals surface area contributed by atoms with E-state index in [9.17, 15) is 14.9 Å². The molecule has 1 aromatic carbocycles. The molecule has 0 unspecified atom stereocenters. The third kappa shape index (κ3) is 3.11. The third-order valence-electron chi connectivity index (χ3n) is 1.83. The normalized spacial score (nSPS) is 10.1. The minimum absolute atomic E-state index is 0.0450. The molecule has 0 radical (unpaired) electrons. The maximum absolute atomic E-state index is 11.0. The molecule has 2 rings (SSSR count). The van der Waals surface area contributed by atoms with E-state index >= 15 is 0 Å². The van der Waals surface area contributed by atoms with E-state index in [1.807, 2.05) is 0 Å². The van der Waals surface area contributed by atoms with Crippen LogP contribution in [0.3, 0.4) is 0 Å². The SMILES string of the molecule is O=c1ccsc(Sc2ccc([N+](=O)[O-])cc2)n1. The Bertz CT molecular complexity index is 595. The average molecular weight is 266 g/mol. The van der Waals surface area contributed by atoms with Gasteiger partial charge in [-0.05, 0) is 17.5 Å². The van der Waals surface area contributed by atoms with Gasteiger partial charge in [-0.3, -0.25) is 14.9 Å². The van der Waals surface area contributed by atoms with E-state index in [1.54, 1.807) is 17.5 Å². The first kappa shape index (κ1) is 11.7. The first-order chi connectivity index (χ1) is 8.15. The summed E-state index contributed by atoms with van der Waals surface area (Å²) in [4.78, 5) is 25.7. The van der Waals surface area contributed by atoms with Crippen molar-refractivity contribution in [1.29, 1.82) is 0 Å². The predicted molar refractivity (Wildman–Crippen MR) is 65.6 cm³/mol. The van der Waals surface area contributed by atoms with E-state index in [2.05, 4.69) is 4.98 Å². The standard InChI is InChI=1S/C10H6N2O3S2/c13-9-5-6-16-10(11-9)17-8-3-1-7(2-4-8)12(14)15/h1-6H. The van der Waals surface area contributed by atoms with E-state index in [4.69, 9.17) is 0 Å². The van der Waals surface area contributed by atoms with E-state index in [1.165, 1.54) is 41.3 Å². The smallest absolute Gasteiger partial charge is 0.267 e. The van der Waals surface area contributed by atoms with Crippen LogP contribution in [0.1, 0.15) is 0 Å². The highest BCUT2D eigenvalue weighted by Gasteiger charge is 2.05. The topological polar surface area (TPSA) is 73.1 Å². The van der Waals surface area contributed by atoms with Crippen molar-refractivity contribution in [2.75, 3.05) is 0 Å². The van der Waals surface area contributed by atoms with Crippen LogP contribution in [-0.4, -0.2) is 9.91 Å². The fourth-order valence-electron chi connectivity index (χ4n) is 1.09. The van der Waals surface area contributed by atoms with Gasteiger partial charge in [0.05, 0.1) is 4.92 Å². The van der Waals surface area contributed by atoms with Crippen LogP contribution in [0.4, 0.5) is 5.69 Å². The molecule has 2 aromatic rings. The van der Waals surface area contributed by atoms with Gasteiger partial charge >= 0.3 is 0 Å². The molecule has 0 spiro atoms. The second kappa shape index (κ2) is 5.07. The van der Waals surface area contributed by atoms with Gasteiger partial charge in [0.15, 0.2) is 4.34 Å². The summed E-state index contributed by atoms with van der Waals surface area (Å²) in [6.07, 6.45) is 0. The van der Waals surface area contributed by atoms with E-state index < -0.39 is 4.92 Å². The number of nitrogens with zero attached hydrogens (tertiary/aromatic N) is 2. The van der Waals surface area contributed by atoms with Gasteiger partial charge < -0.3 is 0 Å². The van der Waals surface area contributed by atoms with E-state index in [0.717, 1.165) is 4.90 Å². The molecule has 0 fully saturated rings. The zero-order valence-corrected chi connectivity index (χ0v) is 10.0. The van der Waals surface area contributed by atoms with Crippen LogP contribution < -0.4 is 5.56 Å². The summed E-state index contributed by atoms with van der Waals surface area (Å²) < 4.78 is 0.617. The summed E-state index contributed by atoms with van der Waals surface area (Å²) in [5.74, 6) is 0. The summed E-state index contributed by atoms with van der Waals surface area (Å²) in [6, 6.07) is 7.51. The largest absolute Gasteiger partial charge is 0.272 e. The zero-order chi connectivity index (χ0) is 12.3. The Morgan fingerprint density at radius 3 is 2.53 bits per heavy atom. The minimum atomic E-state index is -0.451. The maximum Gasteiger partial charge on any atom is 0.272 e. The predicted octanol–water partition coefficient (Wildman–Crippen LogP) is 2.56. The van der Waals surface area contributed by atoms with Crippen LogP contribution in [0, 0.1) is 10.1 Å². The van der Waals surface area contributed by atoms with Crippen LogP contribution >= 0.6 is 23.1 Å². The van der Waals surface area contributed by atoms with Crippen molar-refractivity contribution < 1.29 is 4.92 Å². The molecule has 0 saturated heterocycles. The van der Waals surface area contributed by atoms with Crippen molar-refractivity contribution in [2.45, 2.75) is 9.24 Å². The molecule has 0 aliphatic carbocycles. The van der Waals surface area contributed by atoms with Crippen LogP contribution in [-0.2, 0) is 0 Å². The highest BCUT2D eigenvalue weighted by Crippen LogP contribution is 2.28. The maximum atomic E-state index is 11.0. The van der Waals surface area contributed by atoms with Gasteiger partial charge in [0.25, 0.3) is 11.2 Å². The first-order valence-electron chi connectivity index (χ1n) is 4.53. The van der Waals surface area contributed by atoms with Gasteiger partial charge in [0, 0.05) is 23.1 Å². The van der Waals surface area contributed by atoms with Gasteiger partial charge in [-0.1, -0.05) is 11.8 Å². The number of benzene rings is 1. The lowest BCUT2D eigenvalue weighted by Gasteiger charge is -1.98. The Hall–Kier alpha value is -1.73. The number of nitro benzene ring substituents is 1. The molecule has 0 amide bonds. The quantitative estimate of drug-likeness (QED) is 0.630. The molecule has 0 atom stereocenters. The fraction of sp³-hybridized carbons (Fsp3) is 0. The van der Waals surface area contributed by atoms with Crippen molar-refractivity contribution in [2.24, 2.45) is 0 Å². The Labute approximate surface area is 104 Å². The molecular formula is C10H6N2O3S2. The number of hydrogen-bond donors (Lipinski definition) is 0. The minimum Gasteiger partial charge on any atom is -0.267 e. The first-order valence-corrected chi connectivity index (χ1v) is 6.23. The van der Waals surface area contributed by atoms with E-state index in [0.29, 0.717) is 4.34 Å².